The molecule has 0 atom stereocenters. The Bertz CT molecular complexity index is 522. The highest BCUT2D eigenvalue weighted by Gasteiger charge is 2.37. The van der Waals surface area contributed by atoms with Crippen molar-refractivity contribution in [1.29, 1.82) is 0 Å². The standard InChI is InChI=1S/C8H7F5N4O3/c9-7(10)20-16(15)5-2-3(17(18)19)1-4(6(5)14)8(11,12)13/h1-2,7H,14-15H2. The van der Waals surface area contributed by atoms with Gasteiger partial charge in [0.2, 0.25) is 0 Å². The van der Waals surface area contributed by atoms with Crippen LogP contribution in [0.3, 0.4) is 0 Å². The second-order valence-electron chi connectivity index (χ2n) is 3.37. The summed E-state index contributed by atoms with van der Waals surface area (Å²) in [6.45, 7) is -3.45. The molecule has 1 rings (SSSR count). The first-order chi connectivity index (χ1) is 9.04. The number of rotatable bonds is 4. The second kappa shape index (κ2) is 5.42. The highest BCUT2D eigenvalue weighted by molar-refractivity contribution is 5.74. The van der Waals surface area contributed by atoms with Crippen molar-refractivity contribution in [2.75, 3.05) is 10.9 Å². The van der Waals surface area contributed by atoms with Crippen molar-refractivity contribution in [3.05, 3.63) is 27.8 Å². The minimum atomic E-state index is -5.03. The molecule has 0 spiro atoms. The molecular weight excluding hydrogens is 295 g/mol. The normalized spacial score (nSPS) is 11.8. The zero-order valence-electron chi connectivity index (χ0n) is 9.40. The summed E-state index contributed by atoms with van der Waals surface area (Å²) in [7, 11) is 0. The fourth-order valence-electron chi connectivity index (χ4n) is 1.29. The van der Waals surface area contributed by atoms with Crippen LogP contribution in [0.4, 0.5) is 39.0 Å². The highest BCUT2D eigenvalue weighted by Crippen LogP contribution is 2.40. The van der Waals surface area contributed by atoms with E-state index in [9.17, 15) is 32.1 Å². The number of hydrazine groups is 1. The number of hydrogen-bond donors (Lipinski definition) is 2. The molecule has 0 unspecified atom stereocenters. The van der Waals surface area contributed by atoms with Gasteiger partial charge in [0.15, 0.2) is 0 Å². The number of nitro groups is 1. The van der Waals surface area contributed by atoms with Crippen molar-refractivity contribution in [3.63, 3.8) is 0 Å². The molecule has 0 saturated heterocycles. The minimum Gasteiger partial charge on any atom is -0.396 e. The Hall–Kier alpha value is -2.21. The SMILES string of the molecule is Nc1c(N(N)OC(F)F)cc([N+](=O)[O-])cc1C(F)(F)F. The van der Waals surface area contributed by atoms with Crippen LogP contribution in [0.25, 0.3) is 0 Å². The van der Waals surface area contributed by atoms with Crippen LogP contribution in [0.1, 0.15) is 5.56 Å². The van der Waals surface area contributed by atoms with Crippen LogP contribution in [0.15, 0.2) is 12.1 Å². The van der Waals surface area contributed by atoms with E-state index in [1.165, 1.54) is 0 Å². The number of anilines is 2. The van der Waals surface area contributed by atoms with Gasteiger partial charge >= 0.3 is 12.8 Å². The van der Waals surface area contributed by atoms with Crippen molar-refractivity contribution in [2.45, 2.75) is 12.8 Å². The maximum atomic E-state index is 12.6. The Labute approximate surface area is 107 Å². The molecule has 0 amide bonds. The molecule has 0 bridgehead atoms. The van der Waals surface area contributed by atoms with Gasteiger partial charge in [-0.05, 0) is 0 Å². The number of alkyl halides is 5. The quantitative estimate of drug-likeness (QED) is 0.290. The van der Waals surface area contributed by atoms with Gasteiger partial charge < -0.3 is 5.73 Å². The van der Waals surface area contributed by atoms with Gasteiger partial charge in [0.05, 0.1) is 16.2 Å². The number of nitrogen functional groups attached to an aromatic ring is 1. The van der Waals surface area contributed by atoms with E-state index < -0.39 is 40.3 Å². The Morgan fingerprint density at radius 3 is 2.30 bits per heavy atom. The first kappa shape index (κ1) is 15.8. The Morgan fingerprint density at radius 1 is 1.35 bits per heavy atom. The fraction of sp³-hybridized carbons (Fsp3) is 0.250. The molecule has 0 saturated carbocycles. The molecule has 12 heteroatoms. The monoisotopic (exact) mass is 302 g/mol. The number of nitrogens with two attached hydrogens (primary N) is 2. The number of benzene rings is 1. The topological polar surface area (TPSA) is 108 Å². The molecule has 112 valence electrons. The van der Waals surface area contributed by atoms with Gasteiger partial charge in [-0.15, -0.1) is 0 Å². The highest BCUT2D eigenvalue weighted by atomic mass is 19.4. The van der Waals surface area contributed by atoms with Crippen molar-refractivity contribution in [2.24, 2.45) is 5.84 Å². The van der Waals surface area contributed by atoms with Gasteiger partial charge in [-0.25, -0.2) is 5.84 Å². The molecule has 20 heavy (non-hydrogen) atoms. The number of nitro benzene ring substituents is 1. The molecule has 0 aromatic heterocycles. The number of hydrogen-bond acceptors (Lipinski definition) is 6. The molecule has 0 heterocycles. The average molecular weight is 302 g/mol. The average Bonchev–Trinajstić information content (AvgIpc) is 2.25. The number of nitrogens with zero attached hydrogens (tertiary/aromatic N) is 2. The second-order valence-corrected chi connectivity index (χ2v) is 3.37. The molecular formula is C8H7F5N4O3. The van der Waals surface area contributed by atoms with Gasteiger partial charge in [-0.3, -0.25) is 10.1 Å². The van der Waals surface area contributed by atoms with Crippen LogP contribution < -0.4 is 16.7 Å². The summed E-state index contributed by atoms with van der Waals surface area (Å²) in [6, 6.07) is 0.641. The predicted molar refractivity (Wildman–Crippen MR) is 56.3 cm³/mol. The molecule has 7 nitrogen and oxygen atoms in total. The summed E-state index contributed by atoms with van der Waals surface area (Å²) >= 11 is 0. The molecule has 1 aromatic carbocycles. The Kier molecular flexibility index (Phi) is 4.29. The van der Waals surface area contributed by atoms with Gasteiger partial charge in [-0.1, -0.05) is 0 Å². The fourth-order valence-corrected chi connectivity index (χ4v) is 1.29. The zero-order chi connectivity index (χ0) is 15.7. The summed E-state index contributed by atoms with van der Waals surface area (Å²) in [5.74, 6) is 4.94. The van der Waals surface area contributed by atoms with Crippen molar-refractivity contribution >= 4 is 17.1 Å². The lowest BCUT2D eigenvalue weighted by molar-refractivity contribution is -0.385. The summed E-state index contributed by atoms with van der Waals surface area (Å²) in [4.78, 5) is 13.0. The van der Waals surface area contributed by atoms with E-state index in [0.29, 0.717) is 6.07 Å². The van der Waals surface area contributed by atoms with E-state index in [0.717, 1.165) is 0 Å². The van der Waals surface area contributed by atoms with E-state index in [1.807, 2.05) is 0 Å². The van der Waals surface area contributed by atoms with E-state index >= 15 is 0 Å². The van der Waals surface area contributed by atoms with Crippen LogP contribution in [0.5, 0.6) is 0 Å². The summed E-state index contributed by atoms with van der Waals surface area (Å²) in [5, 5.41) is 10.3. The lowest BCUT2D eigenvalue weighted by atomic mass is 10.1. The van der Waals surface area contributed by atoms with E-state index in [4.69, 9.17) is 11.6 Å². The van der Waals surface area contributed by atoms with Crippen molar-refractivity contribution < 1.29 is 31.7 Å². The molecule has 0 aliphatic rings. The lowest BCUT2D eigenvalue weighted by Gasteiger charge is -2.20. The smallest absolute Gasteiger partial charge is 0.396 e. The van der Waals surface area contributed by atoms with E-state index in [1.54, 1.807) is 0 Å². The zero-order valence-corrected chi connectivity index (χ0v) is 9.40. The third-order valence-electron chi connectivity index (χ3n) is 2.09. The predicted octanol–water partition coefficient (Wildman–Crippen LogP) is 2.03. The summed E-state index contributed by atoms with van der Waals surface area (Å²) in [5.41, 5.74) is 0.518. The lowest BCUT2D eigenvalue weighted by Crippen LogP contribution is -2.34. The molecule has 1 aromatic rings. The first-order valence-electron chi connectivity index (χ1n) is 4.69. The van der Waals surface area contributed by atoms with Crippen molar-refractivity contribution in [3.8, 4) is 0 Å². The van der Waals surface area contributed by atoms with Gasteiger partial charge in [0.25, 0.3) is 5.69 Å². The molecule has 0 fully saturated rings. The minimum absolute atomic E-state index is 0.162. The van der Waals surface area contributed by atoms with Crippen LogP contribution in [-0.4, -0.2) is 11.5 Å². The summed E-state index contributed by atoms with van der Waals surface area (Å²) < 4.78 is 61.9. The van der Waals surface area contributed by atoms with Crippen LogP contribution in [-0.2, 0) is 11.0 Å². The Balaban J connectivity index is 3.43. The molecule has 0 radical (unpaired) electrons. The van der Waals surface area contributed by atoms with Crippen LogP contribution in [0, 0.1) is 10.1 Å². The third kappa shape index (κ3) is 3.42. The van der Waals surface area contributed by atoms with Gasteiger partial charge in [0, 0.05) is 12.1 Å². The van der Waals surface area contributed by atoms with E-state index in [-0.39, 0.29) is 11.2 Å². The largest absolute Gasteiger partial charge is 0.418 e. The third-order valence-corrected chi connectivity index (χ3v) is 2.09. The summed E-state index contributed by atoms with van der Waals surface area (Å²) in [6.07, 6.45) is -5.03. The van der Waals surface area contributed by atoms with Gasteiger partial charge in [-0.2, -0.15) is 32.0 Å². The molecule has 0 aliphatic heterocycles. The van der Waals surface area contributed by atoms with E-state index in [2.05, 4.69) is 4.84 Å². The maximum Gasteiger partial charge on any atom is 0.418 e. The number of non-ortho nitro benzene ring substituents is 1. The Morgan fingerprint density at radius 2 is 1.90 bits per heavy atom. The van der Waals surface area contributed by atoms with Crippen LogP contribution in [0.2, 0.25) is 0 Å². The van der Waals surface area contributed by atoms with Crippen molar-refractivity contribution in [1.82, 2.24) is 0 Å². The maximum absolute atomic E-state index is 12.6. The number of halogens is 5. The van der Waals surface area contributed by atoms with Crippen LogP contribution >= 0.6 is 0 Å². The van der Waals surface area contributed by atoms with Gasteiger partial charge in [0.1, 0.15) is 5.69 Å². The molecule has 4 N–H and O–H groups in total. The first-order valence-corrected chi connectivity index (χ1v) is 4.69. The molecule has 0 aliphatic carbocycles.